The molecule has 11 aromatic rings. The lowest BCUT2D eigenvalue weighted by atomic mass is 9.97. The molecule has 7 heteroatoms. The van der Waals surface area contributed by atoms with Gasteiger partial charge >= 0.3 is 0 Å². The van der Waals surface area contributed by atoms with Crippen LogP contribution in [0.2, 0.25) is 0 Å². The Bertz CT molecular complexity index is 3330. The Morgan fingerprint density at radius 2 is 0.982 bits per heavy atom. The molecule has 0 aliphatic rings. The fraction of sp³-hybridized carbons (Fsp3) is 0. The first kappa shape index (κ1) is 31.8. The van der Waals surface area contributed by atoms with E-state index >= 15 is 4.39 Å². The third-order valence-corrected chi connectivity index (χ3v) is 10.7. The van der Waals surface area contributed by atoms with Crippen LogP contribution >= 0.6 is 0 Å². The summed E-state index contributed by atoms with van der Waals surface area (Å²) in [6.45, 7) is 0. The third kappa shape index (κ3) is 4.84. The third-order valence-electron chi connectivity index (χ3n) is 10.7. The molecule has 1 N–H and O–H groups in total. The fourth-order valence-corrected chi connectivity index (χ4v) is 8.21. The smallest absolute Gasteiger partial charge is 0.238 e. The van der Waals surface area contributed by atoms with E-state index in [9.17, 15) is 5.11 Å². The van der Waals surface area contributed by atoms with Gasteiger partial charge in [-0.1, -0.05) is 133 Å². The van der Waals surface area contributed by atoms with Crippen molar-refractivity contribution in [2.75, 3.05) is 0 Å². The zero-order valence-electron chi connectivity index (χ0n) is 29.8. The van der Waals surface area contributed by atoms with Gasteiger partial charge in [-0.3, -0.25) is 4.57 Å². The summed E-state index contributed by atoms with van der Waals surface area (Å²) in [5.41, 5.74) is 6.55. The van der Waals surface area contributed by atoms with E-state index in [1.807, 2.05) is 78.9 Å². The minimum atomic E-state index is -0.539. The Kier molecular flexibility index (Phi) is 7.09. The number of fused-ring (bicyclic) bond motifs is 8. The molecule has 0 saturated carbocycles. The highest BCUT2D eigenvalue weighted by Crippen LogP contribution is 2.42. The maximum Gasteiger partial charge on any atom is 0.238 e. The van der Waals surface area contributed by atoms with Gasteiger partial charge in [0, 0.05) is 43.9 Å². The summed E-state index contributed by atoms with van der Waals surface area (Å²) in [6.07, 6.45) is 0. The van der Waals surface area contributed by atoms with Gasteiger partial charge in [0.1, 0.15) is 11.6 Å². The van der Waals surface area contributed by atoms with Gasteiger partial charge in [0.05, 0.1) is 27.6 Å². The highest BCUT2D eigenvalue weighted by atomic mass is 19.1. The first-order chi connectivity index (χ1) is 27.6. The van der Waals surface area contributed by atoms with Crippen LogP contribution in [0.4, 0.5) is 4.39 Å². The van der Waals surface area contributed by atoms with Gasteiger partial charge in [0.15, 0.2) is 11.6 Å². The zero-order valence-corrected chi connectivity index (χ0v) is 29.8. The summed E-state index contributed by atoms with van der Waals surface area (Å²) in [7, 11) is 0. The minimum absolute atomic E-state index is 0.0100. The van der Waals surface area contributed by atoms with Crippen molar-refractivity contribution >= 4 is 54.4 Å². The number of aromatic nitrogens is 5. The lowest BCUT2D eigenvalue weighted by Gasteiger charge is -2.14. The number of aromatic hydroxyl groups is 1. The summed E-state index contributed by atoms with van der Waals surface area (Å²) >= 11 is 0. The van der Waals surface area contributed by atoms with Crippen LogP contribution in [0.5, 0.6) is 5.75 Å². The standard InChI is InChI=1S/C49H30FN5O/c50-44-36(40-28-31-16-7-8-17-32(31)29-43(40)56)22-13-23-39(44)48-51-47(30-14-3-1-4-15-30)52-49(53-48)55-42-25-12-10-21-35(42)38-27-26-37-34-20-9-11-24-41(34)54(45(37)46(38)55)33-18-5-2-6-19-33/h1-29,56H. The summed E-state index contributed by atoms with van der Waals surface area (Å²) in [5.74, 6) is 0.392. The molecule has 0 atom stereocenters. The van der Waals surface area contributed by atoms with E-state index < -0.39 is 5.82 Å². The summed E-state index contributed by atoms with van der Waals surface area (Å²) in [5, 5.41) is 17.2. The Hall–Kier alpha value is -7.64. The molecule has 3 heterocycles. The molecule has 0 unspecified atom stereocenters. The van der Waals surface area contributed by atoms with Crippen molar-refractivity contribution in [3.05, 3.63) is 182 Å². The normalized spacial score (nSPS) is 11.7. The van der Waals surface area contributed by atoms with Crippen molar-refractivity contribution in [1.82, 2.24) is 24.1 Å². The molecule has 0 spiro atoms. The number of rotatable bonds is 5. The summed E-state index contributed by atoms with van der Waals surface area (Å²) in [6, 6.07) is 57.5. The van der Waals surface area contributed by atoms with Gasteiger partial charge in [-0.15, -0.1) is 0 Å². The van der Waals surface area contributed by atoms with E-state index in [0.717, 1.165) is 65.6 Å². The van der Waals surface area contributed by atoms with Gasteiger partial charge in [0.25, 0.3) is 0 Å². The topological polar surface area (TPSA) is 68.8 Å². The SMILES string of the molecule is Oc1cc2ccccc2cc1-c1cccc(-c2nc(-c3ccccc3)nc(-n3c4ccccc4c4ccc5c6ccccc6n(-c6ccccc6)c5c43)n2)c1F. The van der Waals surface area contributed by atoms with E-state index in [4.69, 9.17) is 15.0 Å². The molecule has 0 aliphatic carbocycles. The molecule has 6 nitrogen and oxygen atoms in total. The van der Waals surface area contributed by atoms with Crippen LogP contribution in [0.1, 0.15) is 0 Å². The Morgan fingerprint density at radius 1 is 0.429 bits per heavy atom. The number of phenols is 1. The molecule has 0 amide bonds. The molecule has 0 saturated heterocycles. The molecule has 0 fully saturated rings. The van der Waals surface area contributed by atoms with Gasteiger partial charge < -0.3 is 9.67 Å². The van der Waals surface area contributed by atoms with Crippen molar-refractivity contribution in [3.8, 4) is 51.3 Å². The number of nitrogens with zero attached hydrogens (tertiary/aromatic N) is 5. The molecule has 11 rings (SSSR count). The van der Waals surface area contributed by atoms with Crippen LogP contribution in [0.25, 0.3) is 99.9 Å². The highest BCUT2D eigenvalue weighted by molar-refractivity contribution is 6.23. The zero-order chi connectivity index (χ0) is 37.3. The molecular formula is C49H30FN5O. The van der Waals surface area contributed by atoms with Crippen LogP contribution < -0.4 is 0 Å². The maximum atomic E-state index is 17.1. The molecule has 0 aliphatic heterocycles. The Morgan fingerprint density at radius 3 is 1.70 bits per heavy atom. The van der Waals surface area contributed by atoms with Crippen molar-refractivity contribution in [3.63, 3.8) is 0 Å². The maximum absolute atomic E-state index is 17.1. The van der Waals surface area contributed by atoms with Gasteiger partial charge in [-0.2, -0.15) is 9.97 Å². The molecule has 0 radical (unpaired) electrons. The molecule has 3 aromatic heterocycles. The molecule has 56 heavy (non-hydrogen) atoms. The van der Waals surface area contributed by atoms with Crippen LogP contribution in [-0.2, 0) is 0 Å². The fourth-order valence-electron chi connectivity index (χ4n) is 8.21. The minimum Gasteiger partial charge on any atom is -0.507 e. The van der Waals surface area contributed by atoms with Crippen molar-refractivity contribution < 1.29 is 9.50 Å². The number of para-hydroxylation sites is 3. The van der Waals surface area contributed by atoms with Crippen molar-refractivity contribution in [2.45, 2.75) is 0 Å². The number of benzene rings is 8. The van der Waals surface area contributed by atoms with Gasteiger partial charge in [-0.25, -0.2) is 9.37 Å². The van der Waals surface area contributed by atoms with Crippen LogP contribution in [-0.4, -0.2) is 29.2 Å². The lowest BCUT2D eigenvalue weighted by molar-refractivity contribution is 0.477. The van der Waals surface area contributed by atoms with Crippen LogP contribution in [0.15, 0.2) is 176 Å². The average Bonchev–Trinajstić information content (AvgIpc) is 3.77. The van der Waals surface area contributed by atoms with E-state index in [-0.39, 0.29) is 22.7 Å². The predicted molar refractivity (Wildman–Crippen MR) is 224 cm³/mol. The quantitative estimate of drug-likeness (QED) is 0.192. The summed E-state index contributed by atoms with van der Waals surface area (Å²) in [4.78, 5) is 15.2. The monoisotopic (exact) mass is 723 g/mol. The second-order valence-electron chi connectivity index (χ2n) is 13.9. The molecule has 264 valence electrons. The highest BCUT2D eigenvalue weighted by Gasteiger charge is 2.24. The summed E-state index contributed by atoms with van der Waals surface area (Å²) < 4.78 is 21.5. The first-order valence-electron chi connectivity index (χ1n) is 18.5. The largest absolute Gasteiger partial charge is 0.507 e. The van der Waals surface area contributed by atoms with E-state index in [0.29, 0.717) is 17.3 Å². The number of phenolic OH excluding ortho intramolecular Hbond substituents is 1. The average molecular weight is 724 g/mol. The molecule has 8 aromatic carbocycles. The Balaban J connectivity index is 1.24. The first-order valence-corrected chi connectivity index (χ1v) is 18.5. The lowest BCUT2D eigenvalue weighted by Crippen LogP contribution is -2.08. The number of hydrogen-bond donors (Lipinski definition) is 1. The number of hydrogen-bond acceptors (Lipinski definition) is 4. The predicted octanol–water partition coefficient (Wildman–Crippen LogP) is 12.1. The van der Waals surface area contributed by atoms with E-state index in [2.05, 4.69) is 81.9 Å². The number of halogens is 1. The van der Waals surface area contributed by atoms with Crippen molar-refractivity contribution in [2.24, 2.45) is 0 Å². The second-order valence-corrected chi connectivity index (χ2v) is 13.9. The van der Waals surface area contributed by atoms with E-state index in [1.165, 1.54) is 0 Å². The molecule has 0 bridgehead atoms. The second kappa shape index (κ2) is 12.5. The van der Waals surface area contributed by atoms with Crippen LogP contribution in [0.3, 0.4) is 0 Å². The van der Waals surface area contributed by atoms with Gasteiger partial charge in [-0.05, 0) is 53.2 Å². The Labute approximate surface area is 320 Å². The van der Waals surface area contributed by atoms with Gasteiger partial charge in [0.2, 0.25) is 5.95 Å². The molecular weight excluding hydrogens is 694 g/mol. The van der Waals surface area contributed by atoms with Crippen molar-refractivity contribution in [1.29, 1.82) is 0 Å². The van der Waals surface area contributed by atoms with Crippen LogP contribution in [0, 0.1) is 5.82 Å². The van der Waals surface area contributed by atoms with E-state index in [1.54, 1.807) is 24.3 Å².